The molecule has 0 radical (unpaired) electrons. The number of nitrogens with zero attached hydrogens (tertiary/aromatic N) is 1. The highest BCUT2D eigenvalue weighted by atomic mass is 16.2. The molecule has 0 aromatic carbocycles. The molecule has 2 aliphatic rings. The number of carbonyl (C=O) groups is 1. The van der Waals surface area contributed by atoms with Crippen LogP contribution in [0.2, 0.25) is 0 Å². The molecule has 2 N–H and O–H groups in total. The second-order valence-electron chi connectivity index (χ2n) is 5.86. The Morgan fingerprint density at radius 1 is 1.50 bits per heavy atom. The van der Waals surface area contributed by atoms with Gasteiger partial charge in [0.1, 0.15) is 6.04 Å². The Bertz CT molecular complexity index is 273. The third-order valence-corrected chi connectivity index (χ3v) is 3.47. The van der Waals surface area contributed by atoms with Gasteiger partial charge < -0.3 is 10.6 Å². The van der Waals surface area contributed by atoms with Gasteiger partial charge in [-0.3, -0.25) is 9.69 Å². The van der Waals surface area contributed by atoms with Crippen LogP contribution in [0.15, 0.2) is 0 Å². The summed E-state index contributed by atoms with van der Waals surface area (Å²) in [6, 6.07) is 0.653. The zero-order valence-electron chi connectivity index (χ0n) is 10.5. The Kier molecular flexibility index (Phi) is 3.22. The first kappa shape index (κ1) is 11.9. The Balaban J connectivity index is 2.14. The maximum atomic E-state index is 12.0. The number of rotatable bonds is 3. The molecule has 4 heteroatoms. The number of amides is 1. The molecular formula is C12H23N3O. The maximum absolute atomic E-state index is 12.0. The summed E-state index contributed by atoms with van der Waals surface area (Å²) in [4.78, 5) is 14.4. The van der Waals surface area contributed by atoms with Crippen LogP contribution in [0.4, 0.5) is 0 Å². The van der Waals surface area contributed by atoms with E-state index in [-0.39, 0.29) is 17.4 Å². The lowest BCUT2D eigenvalue weighted by Crippen LogP contribution is -2.50. The van der Waals surface area contributed by atoms with Crippen molar-refractivity contribution in [3.05, 3.63) is 0 Å². The minimum Gasteiger partial charge on any atom is -0.354 e. The standard InChI is InChI=1S/C12H23N3O/c1-12(2)7-14-11(16)10(6-13-3)15(8-12)9-4-5-9/h9-10,13H,4-8H2,1-3H3,(H,14,16). The van der Waals surface area contributed by atoms with Gasteiger partial charge in [-0.25, -0.2) is 0 Å². The van der Waals surface area contributed by atoms with Crippen molar-refractivity contribution in [3.63, 3.8) is 0 Å². The van der Waals surface area contributed by atoms with Gasteiger partial charge >= 0.3 is 0 Å². The SMILES string of the molecule is CNCC1C(=O)NCC(C)(C)CN1C1CC1. The van der Waals surface area contributed by atoms with Gasteiger partial charge in [-0.15, -0.1) is 0 Å². The van der Waals surface area contributed by atoms with Crippen LogP contribution in [0.5, 0.6) is 0 Å². The molecule has 16 heavy (non-hydrogen) atoms. The Labute approximate surface area is 97.8 Å². The summed E-state index contributed by atoms with van der Waals surface area (Å²) < 4.78 is 0. The van der Waals surface area contributed by atoms with Gasteiger partial charge in [-0.2, -0.15) is 0 Å². The third kappa shape index (κ3) is 2.55. The van der Waals surface area contributed by atoms with Crippen molar-refractivity contribution in [2.75, 3.05) is 26.7 Å². The van der Waals surface area contributed by atoms with Crippen molar-refractivity contribution in [2.45, 2.75) is 38.8 Å². The largest absolute Gasteiger partial charge is 0.354 e. The predicted molar refractivity (Wildman–Crippen MR) is 64.2 cm³/mol. The molecule has 0 bridgehead atoms. The Morgan fingerprint density at radius 2 is 2.19 bits per heavy atom. The van der Waals surface area contributed by atoms with Gasteiger partial charge in [0.2, 0.25) is 5.91 Å². The van der Waals surface area contributed by atoms with Crippen LogP contribution in [-0.2, 0) is 4.79 Å². The summed E-state index contributed by atoms with van der Waals surface area (Å²) in [7, 11) is 1.91. The van der Waals surface area contributed by atoms with E-state index >= 15 is 0 Å². The van der Waals surface area contributed by atoms with E-state index in [4.69, 9.17) is 0 Å². The van der Waals surface area contributed by atoms with Gasteiger partial charge in [0.05, 0.1) is 0 Å². The predicted octanol–water partition coefficient (Wildman–Crippen LogP) is 0.195. The second-order valence-corrected chi connectivity index (χ2v) is 5.86. The average molecular weight is 225 g/mol. The molecule has 0 aromatic heterocycles. The normalized spacial score (nSPS) is 30.9. The van der Waals surface area contributed by atoms with Crippen molar-refractivity contribution in [1.82, 2.24) is 15.5 Å². The minimum atomic E-state index is 0.0132. The van der Waals surface area contributed by atoms with Gasteiger partial charge in [-0.05, 0) is 25.3 Å². The van der Waals surface area contributed by atoms with E-state index in [1.54, 1.807) is 0 Å². The molecule has 0 aromatic rings. The molecule has 4 nitrogen and oxygen atoms in total. The van der Waals surface area contributed by atoms with Crippen LogP contribution in [0.25, 0.3) is 0 Å². The van der Waals surface area contributed by atoms with Crippen LogP contribution in [0.3, 0.4) is 0 Å². The van der Waals surface area contributed by atoms with Gasteiger partial charge in [-0.1, -0.05) is 13.8 Å². The summed E-state index contributed by atoms with van der Waals surface area (Å²) in [5.74, 6) is 0.187. The first-order chi connectivity index (χ1) is 7.53. The van der Waals surface area contributed by atoms with Crippen molar-refractivity contribution in [3.8, 4) is 0 Å². The summed E-state index contributed by atoms with van der Waals surface area (Å²) >= 11 is 0. The topological polar surface area (TPSA) is 44.4 Å². The third-order valence-electron chi connectivity index (χ3n) is 3.47. The van der Waals surface area contributed by atoms with Crippen molar-refractivity contribution < 1.29 is 4.79 Å². The van der Waals surface area contributed by atoms with E-state index in [2.05, 4.69) is 29.4 Å². The first-order valence-corrected chi connectivity index (χ1v) is 6.21. The summed E-state index contributed by atoms with van der Waals surface area (Å²) in [6.45, 7) is 7.01. The Hall–Kier alpha value is -0.610. The summed E-state index contributed by atoms with van der Waals surface area (Å²) in [5.41, 5.74) is 0.181. The zero-order valence-corrected chi connectivity index (χ0v) is 10.5. The van der Waals surface area contributed by atoms with E-state index in [9.17, 15) is 4.79 Å². The molecule has 1 amide bonds. The number of nitrogens with one attached hydrogen (secondary N) is 2. The summed E-state index contributed by atoms with van der Waals surface area (Å²) in [5, 5.41) is 6.19. The van der Waals surface area contributed by atoms with Gasteiger partial charge in [0, 0.05) is 25.7 Å². The number of hydrogen-bond donors (Lipinski definition) is 2. The first-order valence-electron chi connectivity index (χ1n) is 6.21. The van der Waals surface area contributed by atoms with Crippen LogP contribution < -0.4 is 10.6 Å². The second kappa shape index (κ2) is 4.34. The highest BCUT2D eigenvalue weighted by Crippen LogP contribution is 2.33. The maximum Gasteiger partial charge on any atom is 0.238 e. The molecule has 92 valence electrons. The number of carbonyl (C=O) groups excluding carboxylic acids is 1. The van der Waals surface area contributed by atoms with E-state index in [0.29, 0.717) is 6.04 Å². The molecular weight excluding hydrogens is 202 g/mol. The average Bonchev–Trinajstić information content (AvgIpc) is 3.02. The molecule has 1 heterocycles. The van der Waals surface area contributed by atoms with Gasteiger partial charge in [0.15, 0.2) is 0 Å². The molecule has 0 spiro atoms. The fourth-order valence-corrected chi connectivity index (χ4v) is 2.45. The monoisotopic (exact) mass is 225 g/mol. The highest BCUT2D eigenvalue weighted by molar-refractivity contribution is 5.82. The van der Waals surface area contributed by atoms with Crippen LogP contribution in [0.1, 0.15) is 26.7 Å². The molecule has 2 rings (SSSR count). The molecule has 1 saturated heterocycles. The minimum absolute atomic E-state index is 0.0132. The fraction of sp³-hybridized carbons (Fsp3) is 0.917. The number of likely N-dealkylation sites (N-methyl/N-ethyl adjacent to an activating group) is 1. The van der Waals surface area contributed by atoms with E-state index in [1.807, 2.05) is 7.05 Å². The lowest BCUT2D eigenvalue weighted by Gasteiger charge is -2.32. The summed E-state index contributed by atoms with van der Waals surface area (Å²) in [6.07, 6.45) is 2.51. The molecule has 1 aliphatic carbocycles. The highest BCUT2D eigenvalue weighted by Gasteiger charge is 2.41. The van der Waals surface area contributed by atoms with Crippen LogP contribution in [-0.4, -0.2) is 49.6 Å². The van der Waals surface area contributed by atoms with E-state index < -0.39 is 0 Å². The molecule has 1 aliphatic heterocycles. The van der Waals surface area contributed by atoms with E-state index in [0.717, 1.165) is 19.6 Å². The zero-order chi connectivity index (χ0) is 11.8. The molecule has 1 unspecified atom stereocenters. The quantitative estimate of drug-likeness (QED) is 0.721. The lowest BCUT2D eigenvalue weighted by atomic mass is 9.93. The smallest absolute Gasteiger partial charge is 0.238 e. The molecule has 1 atom stereocenters. The Morgan fingerprint density at radius 3 is 2.75 bits per heavy atom. The molecule has 2 fully saturated rings. The van der Waals surface area contributed by atoms with Crippen molar-refractivity contribution in [2.24, 2.45) is 5.41 Å². The molecule has 1 saturated carbocycles. The van der Waals surface area contributed by atoms with Crippen LogP contribution >= 0.6 is 0 Å². The van der Waals surface area contributed by atoms with E-state index in [1.165, 1.54) is 12.8 Å². The van der Waals surface area contributed by atoms with Crippen molar-refractivity contribution >= 4 is 5.91 Å². The number of hydrogen-bond acceptors (Lipinski definition) is 3. The fourth-order valence-electron chi connectivity index (χ4n) is 2.45. The van der Waals surface area contributed by atoms with Gasteiger partial charge in [0.25, 0.3) is 0 Å². The van der Waals surface area contributed by atoms with Crippen LogP contribution in [0, 0.1) is 5.41 Å². The lowest BCUT2D eigenvalue weighted by molar-refractivity contribution is -0.125. The van der Waals surface area contributed by atoms with Crippen molar-refractivity contribution in [1.29, 1.82) is 0 Å².